The first-order valence-corrected chi connectivity index (χ1v) is 11.6. The molecule has 0 aliphatic heterocycles. The van der Waals surface area contributed by atoms with Crippen LogP contribution < -0.4 is 10.1 Å². The van der Waals surface area contributed by atoms with E-state index in [9.17, 15) is 18.4 Å². The first kappa shape index (κ1) is 25.9. The van der Waals surface area contributed by atoms with Gasteiger partial charge in [-0.05, 0) is 41.8 Å². The van der Waals surface area contributed by atoms with Gasteiger partial charge in [-0.25, -0.2) is 8.78 Å². The molecule has 0 bridgehead atoms. The Labute approximate surface area is 204 Å². The van der Waals surface area contributed by atoms with E-state index in [4.69, 9.17) is 4.74 Å². The van der Waals surface area contributed by atoms with Gasteiger partial charge in [0.15, 0.2) is 6.61 Å². The van der Waals surface area contributed by atoms with E-state index in [1.807, 2.05) is 44.2 Å². The van der Waals surface area contributed by atoms with Crippen molar-refractivity contribution in [2.24, 2.45) is 5.92 Å². The Kier molecular flexibility index (Phi) is 9.35. The fraction of sp³-hybridized carbons (Fsp3) is 0.286. The highest BCUT2D eigenvalue weighted by Gasteiger charge is 2.31. The predicted molar refractivity (Wildman–Crippen MR) is 131 cm³/mol. The molecule has 0 aliphatic carbocycles. The lowest BCUT2D eigenvalue weighted by atomic mass is 10.0. The zero-order valence-electron chi connectivity index (χ0n) is 19.9. The Bertz CT molecular complexity index is 1100. The van der Waals surface area contributed by atoms with Crippen molar-refractivity contribution in [3.63, 3.8) is 0 Å². The second-order valence-electron chi connectivity index (χ2n) is 8.70. The highest BCUT2D eigenvalue weighted by molar-refractivity contribution is 5.88. The van der Waals surface area contributed by atoms with E-state index in [1.165, 1.54) is 35.2 Å². The quantitative estimate of drug-likeness (QED) is 0.431. The molecule has 3 rings (SSSR count). The van der Waals surface area contributed by atoms with Crippen molar-refractivity contribution in [1.29, 1.82) is 0 Å². The lowest BCUT2D eigenvalue weighted by Gasteiger charge is -2.31. The van der Waals surface area contributed by atoms with Crippen molar-refractivity contribution in [3.8, 4) is 5.75 Å². The summed E-state index contributed by atoms with van der Waals surface area (Å²) in [6.07, 6.45) is 0.251. The van der Waals surface area contributed by atoms with Gasteiger partial charge in [0.05, 0.1) is 0 Å². The van der Waals surface area contributed by atoms with E-state index in [-0.39, 0.29) is 37.0 Å². The highest BCUT2D eigenvalue weighted by atomic mass is 19.1. The highest BCUT2D eigenvalue weighted by Crippen LogP contribution is 2.18. The van der Waals surface area contributed by atoms with Gasteiger partial charge in [0.25, 0.3) is 5.91 Å². The van der Waals surface area contributed by atoms with E-state index in [2.05, 4.69) is 5.32 Å². The Morgan fingerprint density at radius 2 is 1.57 bits per heavy atom. The SMILES string of the molecule is CC(C)CNC(=O)[C@@H](Cc1ccccc1)N(Cc1ccccc1F)C(=O)COc1ccc(F)cc1. The van der Waals surface area contributed by atoms with Crippen molar-refractivity contribution < 1.29 is 23.1 Å². The zero-order valence-corrected chi connectivity index (χ0v) is 19.9. The minimum absolute atomic E-state index is 0.106. The molecule has 2 amide bonds. The molecule has 35 heavy (non-hydrogen) atoms. The van der Waals surface area contributed by atoms with E-state index in [1.54, 1.807) is 18.2 Å². The van der Waals surface area contributed by atoms with Gasteiger partial charge in [0.2, 0.25) is 5.91 Å². The number of ether oxygens (including phenoxy) is 1. The van der Waals surface area contributed by atoms with Gasteiger partial charge in [0, 0.05) is 25.1 Å². The summed E-state index contributed by atoms with van der Waals surface area (Å²) in [5.41, 5.74) is 1.15. The normalized spacial score (nSPS) is 11.7. The predicted octanol–water partition coefficient (Wildman–Crippen LogP) is 4.76. The summed E-state index contributed by atoms with van der Waals surface area (Å²) in [7, 11) is 0. The zero-order chi connectivity index (χ0) is 25.2. The molecule has 7 heteroatoms. The number of carbonyl (C=O) groups excluding carboxylic acids is 2. The van der Waals surface area contributed by atoms with Gasteiger partial charge in [-0.15, -0.1) is 0 Å². The first-order valence-electron chi connectivity index (χ1n) is 11.6. The van der Waals surface area contributed by atoms with E-state index < -0.39 is 23.6 Å². The summed E-state index contributed by atoms with van der Waals surface area (Å²) < 4.78 is 33.3. The molecule has 0 fully saturated rings. The molecular weight excluding hydrogens is 450 g/mol. The largest absolute Gasteiger partial charge is 0.484 e. The van der Waals surface area contributed by atoms with Crippen LogP contribution in [0.2, 0.25) is 0 Å². The Balaban J connectivity index is 1.90. The van der Waals surface area contributed by atoms with Crippen molar-refractivity contribution >= 4 is 11.8 Å². The van der Waals surface area contributed by atoms with Crippen molar-refractivity contribution in [2.45, 2.75) is 32.9 Å². The lowest BCUT2D eigenvalue weighted by Crippen LogP contribution is -2.52. The van der Waals surface area contributed by atoms with Gasteiger partial charge in [-0.3, -0.25) is 9.59 Å². The molecule has 0 heterocycles. The molecule has 0 radical (unpaired) electrons. The molecule has 1 atom stereocenters. The molecule has 0 aromatic heterocycles. The molecule has 3 aromatic carbocycles. The maximum atomic E-state index is 14.5. The fourth-order valence-electron chi connectivity index (χ4n) is 3.55. The minimum Gasteiger partial charge on any atom is -0.484 e. The van der Waals surface area contributed by atoms with E-state index in [0.29, 0.717) is 12.3 Å². The van der Waals surface area contributed by atoms with Gasteiger partial charge >= 0.3 is 0 Å². The standard InChI is InChI=1S/C28H30F2N2O3/c1-20(2)17-31-28(34)26(16-21-8-4-3-5-9-21)32(18-22-10-6-7-11-25(22)30)27(33)19-35-24-14-12-23(29)13-15-24/h3-15,20,26H,16-19H2,1-2H3,(H,31,34)/t26-/m1/s1. The molecule has 184 valence electrons. The van der Waals surface area contributed by atoms with Crippen LogP contribution in [0.5, 0.6) is 5.75 Å². The first-order chi connectivity index (χ1) is 16.8. The summed E-state index contributed by atoms with van der Waals surface area (Å²) >= 11 is 0. The molecule has 5 nitrogen and oxygen atoms in total. The minimum atomic E-state index is -0.889. The molecular formula is C28H30F2N2O3. The molecule has 3 aromatic rings. The number of amides is 2. The fourth-order valence-corrected chi connectivity index (χ4v) is 3.55. The maximum Gasteiger partial charge on any atom is 0.261 e. The summed E-state index contributed by atoms with van der Waals surface area (Å²) in [6, 6.07) is 19.9. The van der Waals surface area contributed by atoms with Crippen LogP contribution in [0.15, 0.2) is 78.9 Å². The number of hydrogen-bond acceptors (Lipinski definition) is 3. The van der Waals surface area contributed by atoms with Gasteiger partial charge in [0.1, 0.15) is 23.4 Å². The van der Waals surface area contributed by atoms with Crippen LogP contribution in [0.3, 0.4) is 0 Å². The average molecular weight is 481 g/mol. The summed E-state index contributed by atoms with van der Waals surface area (Å²) in [4.78, 5) is 28.1. The van der Waals surface area contributed by atoms with Gasteiger partial charge in [-0.2, -0.15) is 0 Å². The van der Waals surface area contributed by atoms with Crippen LogP contribution in [0.1, 0.15) is 25.0 Å². The average Bonchev–Trinajstić information content (AvgIpc) is 2.85. The van der Waals surface area contributed by atoms with Crippen LogP contribution >= 0.6 is 0 Å². The Morgan fingerprint density at radius 1 is 0.914 bits per heavy atom. The topological polar surface area (TPSA) is 58.6 Å². The number of nitrogens with zero attached hydrogens (tertiary/aromatic N) is 1. The number of hydrogen-bond donors (Lipinski definition) is 1. The number of rotatable bonds is 11. The van der Waals surface area contributed by atoms with Gasteiger partial charge < -0.3 is 15.0 Å². The summed E-state index contributed by atoms with van der Waals surface area (Å²) in [5, 5.41) is 2.91. The molecule has 1 N–H and O–H groups in total. The van der Waals surface area contributed by atoms with Crippen molar-refractivity contribution in [2.75, 3.05) is 13.2 Å². The Morgan fingerprint density at radius 3 is 2.23 bits per heavy atom. The number of carbonyl (C=O) groups is 2. The molecule has 0 unspecified atom stereocenters. The Hall–Kier alpha value is -3.74. The van der Waals surface area contributed by atoms with Gasteiger partial charge in [-0.1, -0.05) is 62.4 Å². The third-order valence-corrected chi connectivity index (χ3v) is 5.43. The lowest BCUT2D eigenvalue weighted by molar-refractivity contribution is -0.142. The maximum absolute atomic E-state index is 14.5. The van der Waals surface area contributed by atoms with Crippen molar-refractivity contribution in [3.05, 3.63) is 102 Å². The number of benzene rings is 3. The smallest absolute Gasteiger partial charge is 0.261 e. The third-order valence-electron chi connectivity index (χ3n) is 5.43. The molecule has 0 spiro atoms. The van der Waals surface area contributed by atoms with E-state index in [0.717, 1.165) is 5.56 Å². The van der Waals surface area contributed by atoms with Crippen LogP contribution in [0.4, 0.5) is 8.78 Å². The molecule has 0 saturated heterocycles. The molecule has 0 aliphatic rings. The van der Waals surface area contributed by atoms with Crippen LogP contribution in [-0.4, -0.2) is 35.9 Å². The van der Waals surface area contributed by atoms with E-state index >= 15 is 0 Å². The monoisotopic (exact) mass is 480 g/mol. The number of nitrogens with one attached hydrogen (secondary N) is 1. The second kappa shape index (κ2) is 12.6. The summed E-state index contributed by atoms with van der Waals surface area (Å²) in [6.45, 7) is 3.90. The molecule has 0 saturated carbocycles. The third kappa shape index (κ3) is 7.91. The van der Waals surface area contributed by atoms with Crippen molar-refractivity contribution in [1.82, 2.24) is 10.2 Å². The van der Waals surface area contributed by atoms with Crippen LogP contribution in [0, 0.1) is 17.6 Å². The summed E-state index contributed by atoms with van der Waals surface area (Å²) in [5.74, 6) is -1.17. The van der Waals surface area contributed by atoms with Crippen LogP contribution in [-0.2, 0) is 22.6 Å². The van der Waals surface area contributed by atoms with Crippen LogP contribution in [0.25, 0.3) is 0 Å². The number of halogens is 2. The second-order valence-corrected chi connectivity index (χ2v) is 8.70.